The van der Waals surface area contributed by atoms with E-state index in [2.05, 4.69) is 4.98 Å². The van der Waals surface area contributed by atoms with E-state index in [1.807, 2.05) is 0 Å². The van der Waals surface area contributed by atoms with Gasteiger partial charge in [-0.2, -0.15) is 0 Å². The number of thiazole rings is 1. The Morgan fingerprint density at radius 2 is 1.93 bits per heavy atom. The molecular formula is C18H13N3O5S. The van der Waals surface area contributed by atoms with E-state index in [1.165, 1.54) is 33.9 Å². The summed E-state index contributed by atoms with van der Waals surface area (Å²) in [5.41, 5.74) is 0.638. The Bertz CT molecular complexity index is 1120. The topological polar surface area (TPSA) is 98.1 Å². The molecule has 0 saturated carbocycles. The number of carbonyl (C=O) groups excluding carboxylic acids is 3. The lowest BCUT2D eigenvalue weighted by atomic mass is 10.2. The maximum atomic E-state index is 12.3. The van der Waals surface area contributed by atoms with E-state index < -0.39 is 5.97 Å². The minimum atomic E-state index is -0.635. The molecule has 27 heavy (non-hydrogen) atoms. The molecule has 4 rings (SSSR count). The minimum Gasteiger partial charge on any atom is -0.456 e. The molecule has 0 N–H and O–H groups in total. The molecule has 3 aromatic rings. The summed E-state index contributed by atoms with van der Waals surface area (Å²) < 4.78 is 6.64. The van der Waals surface area contributed by atoms with Gasteiger partial charge in [-0.1, -0.05) is 6.07 Å². The zero-order chi connectivity index (χ0) is 19.0. The number of nitrogens with zero attached hydrogens (tertiary/aromatic N) is 3. The Hall–Kier alpha value is -3.33. The Labute approximate surface area is 156 Å². The SMILES string of the molecule is O=C(OCc1cc(=O)n2ccsc2n1)c1cccc(N2C(=O)CCC2=O)c1. The van der Waals surface area contributed by atoms with Crippen molar-refractivity contribution in [3.05, 3.63) is 63.5 Å². The lowest BCUT2D eigenvalue weighted by molar-refractivity contribution is -0.121. The van der Waals surface area contributed by atoms with Crippen LogP contribution >= 0.6 is 11.3 Å². The van der Waals surface area contributed by atoms with Gasteiger partial charge in [0, 0.05) is 30.5 Å². The van der Waals surface area contributed by atoms with Gasteiger partial charge in [-0.15, -0.1) is 11.3 Å². The number of imide groups is 1. The van der Waals surface area contributed by atoms with Crippen LogP contribution in [0.1, 0.15) is 28.9 Å². The second kappa shape index (κ2) is 6.76. The van der Waals surface area contributed by atoms with Crippen LogP contribution in [0.2, 0.25) is 0 Å². The highest BCUT2D eigenvalue weighted by Gasteiger charge is 2.30. The molecule has 0 spiro atoms. The average molecular weight is 383 g/mol. The van der Waals surface area contributed by atoms with Crippen molar-refractivity contribution in [3.8, 4) is 0 Å². The fraction of sp³-hybridized carbons (Fsp3) is 0.167. The van der Waals surface area contributed by atoms with Gasteiger partial charge >= 0.3 is 5.97 Å². The summed E-state index contributed by atoms with van der Waals surface area (Å²) in [5, 5.41) is 1.74. The Morgan fingerprint density at radius 1 is 1.15 bits per heavy atom. The van der Waals surface area contributed by atoms with Gasteiger partial charge < -0.3 is 4.74 Å². The molecular weight excluding hydrogens is 370 g/mol. The zero-order valence-electron chi connectivity index (χ0n) is 14.0. The molecule has 1 aliphatic rings. The van der Waals surface area contributed by atoms with Crippen LogP contribution in [-0.4, -0.2) is 27.2 Å². The molecule has 0 aliphatic carbocycles. The number of fused-ring (bicyclic) bond motifs is 1. The van der Waals surface area contributed by atoms with Crippen LogP contribution in [0.25, 0.3) is 4.96 Å². The van der Waals surface area contributed by atoms with Gasteiger partial charge in [0.2, 0.25) is 11.8 Å². The van der Waals surface area contributed by atoms with Gasteiger partial charge in [0.1, 0.15) is 6.61 Å². The van der Waals surface area contributed by atoms with E-state index in [4.69, 9.17) is 4.74 Å². The number of esters is 1. The molecule has 0 bridgehead atoms. The summed E-state index contributed by atoms with van der Waals surface area (Å²) in [6, 6.07) is 7.44. The van der Waals surface area contributed by atoms with Crippen LogP contribution in [0.15, 0.2) is 46.7 Å². The lowest BCUT2D eigenvalue weighted by Crippen LogP contribution is -2.28. The second-order valence-electron chi connectivity index (χ2n) is 5.89. The first-order chi connectivity index (χ1) is 13.0. The molecule has 0 radical (unpaired) electrons. The van der Waals surface area contributed by atoms with E-state index in [9.17, 15) is 19.2 Å². The molecule has 0 atom stereocenters. The first-order valence-corrected chi connectivity index (χ1v) is 8.99. The molecule has 1 fully saturated rings. The molecule has 136 valence electrons. The zero-order valence-corrected chi connectivity index (χ0v) is 14.8. The van der Waals surface area contributed by atoms with Crippen molar-refractivity contribution in [1.29, 1.82) is 0 Å². The summed E-state index contributed by atoms with van der Waals surface area (Å²) in [7, 11) is 0. The van der Waals surface area contributed by atoms with E-state index in [1.54, 1.807) is 23.7 Å². The number of ether oxygens (including phenoxy) is 1. The highest BCUT2D eigenvalue weighted by atomic mass is 32.1. The standard InChI is InChI=1S/C18H13N3O5S/c22-14-4-5-15(23)21(14)13-3-1-2-11(8-13)17(25)26-10-12-9-16(24)20-6-7-27-18(20)19-12/h1-3,6-9H,4-5,10H2. The molecule has 0 unspecified atom stereocenters. The van der Waals surface area contributed by atoms with E-state index >= 15 is 0 Å². The van der Waals surface area contributed by atoms with Crippen LogP contribution in [0.5, 0.6) is 0 Å². The van der Waals surface area contributed by atoms with Crippen molar-refractivity contribution >= 4 is 39.8 Å². The number of hydrogen-bond acceptors (Lipinski definition) is 7. The number of amides is 2. The maximum Gasteiger partial charge on any atom is 0.338 e. The minimum absolute atomic E-state index is 0.158. The normalized spacial score (nSPS) is 14.1. The molecule has 9 heteroatoms. The average Bonchev–Trinajstić information content (AvgIpc) is 3.26. The number of rotatable bonds is 4. The Morgan fingerprint density at radius 3 is 2.70 bits per heavy atom. The summed E-state index contributed by atoms with van der Waals surface area (Å²) in [4.78, 5) is 53.8. The molecule has 2 aromatic heterocycles. The molecule has 8 nitrogen and oxygen atoms in total. The van der Waals surface area contributed by atoms with Crippen molar-refractivity contribution in [3.63, 3.8) is 0 Å². The smallest absolute Gasteiger partial charge is 0.338 e. The van der Waals surface area contributed by atoms with E-state index in [0.29, 0.717) is 16.3 Å². The van der Waals surface area contributed by atoms with E-state index in [0.717, 1.165) is 4.90 Å². The second-order valence-corrected chi connectivity index (χ2v) is 6.76. The predicted molar refractivity (Wildman–Crippen MR) is 96.6 cm³/mol. The molecule has 1 saturated heterocycles. The third-order valence-electron chi connectivity index (χ3n) is 4.10. The largest absolute Gasteiger partial charge is 0.456 e. The summed E-state index contributed by atoms with van der Waals surface area (Å²) in [5.74, 6) is -1.22. The van der Waals surface area contributed by atoms with Crippen molar-refractivity contribution in [1.82, 2.24) is 9.38 Å². The van der Waals surface area contributed by atoms with Crippen molar-refractivity contribution in [2.24, 2.45) is 0 Å². The third-order valence-corrected chi connectivity index (χ3v) is 4.86. The van der Waals surface area contributed by atoms with Gasteiger partial charge in [-0.25, -0.2) is 9.78 Å². The fourth-order valence-corrected chi connectivity index (χ4v) is 3.56. The maximum absolute atomic E-state index is 12.3. The molecule has 1 aliphatic heterocycles. The third kappa shape index (κ3) is 3.24. The highest BCUT2D eigenvalue weighted by molar-refractivity contribution is 7.15. The van der Waals surface area contributed by atoms with Crippen LogP contribution in [0.3, 0.4) is 0 Å². The number of aromatic nitrogens is 2. The van der Waals surface area contributed by atoms with Crippen LogP contribution in [0, 0.1) is 0 Å². The van der Waals surface area contributed by atoms with Crippen molar-refractivity contribution in [2.45, 2.75) is 19.4 Å². The van der Waals surface area contributed by atoms with Crippen molar-refractivity contribution in [2.75, 3.05) is 4.90 Å². The van der Waals surface area contributed by atoms with Crippen LogP contribution in [-0.2, 0) is 20.9 Å². The number of hydrogen-bond donors (Lipinski definition) is 0. The number of benzene rings is 1. The first-order valence-electron chi connectivity index (χ1n) is 8.12. The monoisotopic (exact) mass is 383 g/mol. The van der Waals surface area contributed by atoms with Crippen LogP contribution in [0.4, 0.5) is 5.69 Å². The van der Waals surface area contributed by atoms with Gasteiger partial charge in [-0.3, -0.25) is 23.7 Å². The van der Waals surface area contributed by atoms with Gasteiger partial charge in [0.15, 0.2) is 4.96 Å². The quantitative estimate of drug-likeness (QED) is 0.503. The molecule has 3 heterocycles. The van der Waals surface area contributed by atoms with Crippen LogP contribution < -0.4 is 10.5 Å². The lowest BCUT2D eigenvalue weighted by Gasteiger charge is -2.14. The summed E-state index contributed by atoms with van der Waals surface area (Å²) in [6.07, 6.45) is 1.96. The van der Waals surface area contributed by atoms with Crippen molar-refractivity contribution < 1.29 is 19.1 Å². The molecule has 2 amide bonds. The number of carbonyl (C=O) groups is 3. The fourth-order valence-electron chi connectivity index (χ4n) is 2.82. The summed E-state index contributed by atoms with van der Waals surface area (Å²) >= 11 is 1.30. The molecule has 1 aromatic carbocycles. The van der Waals surface area contributed by atoms with Gasteiger partial charge in [0.25, 0.3) is 5.56 Å². The first kappa shape index (κ1) is 17.1. The Balaban J connectivity index is 1.51. The summed E-state index contributed by atoms with van der Waals surface area (Å²) in [6.45, 7) is -0.158. The number of anilines is 1. The van der Waals surface area contributed by atoms with Gasteiger partial charge in [0.05, 0.1) is 16.9 Å². The Kier molecular flexibility index (Phi) is 4.28. The van der Waals surface area contributed by atoms with E-state index in [-0.39, 0.29) is 42.4 Å². The predicted octanol–water partition coefficient (Wildman–Crippen LogP) is 1.77. The van der Waals surface area contributed by atoms with Gasteiger partial charge in [-0.05, 0) is 18.2 Å². The highest BCUT2D eigenvalue weighted by Crippen LogP contribution is 2.23.